The van der Waals surface area contributed by atoms with Gasteiger partial charge in [-0.25, -0.2) is 0 Å². The largest absolute Gasteiger partial charge is 0.396 e. The highest BCUT2D eigenvalue weighted by molar-refractivity contribution is 5.77. The molecule has 1 N–H and O–H groups in total. The molecule has 0 bridgehead atoms. The van der Waals surface area contributed by atoms with E-state index < -0.39 is 0 Å². The molecule has 0 aromatic heterocycles. The summed E-state index contributed by atoms with van der Waals surface area (Å²) in [6.45, 7) is 5.68. The minimum Gasteiger partial charge on any atom is -0.396 e. The molecule has 0 aliphatic carbocycles. The molecule has 0 radical (unpaired) electrons. The lowest BCUT2D eigenvalue weighted by Gasteiger charge is -2.25. The summed E-state index contributed by atoms with van der Waals surface area (Å²) >= 11 is 0. The normalized spacial score (nSPS) is 21.5. The lowest BCUT2D eigenvalue weighted by Crippen LogP contribution is -2.36. The molecule has 1 aliphatic rings. The Bertz CT molecular complexity index is 240. The molecule has 94 valence electrons. The molecule has 1 rings (SSSR count). The van der Waals surface area contributed by atoms with Crippen LogP contribution in [0.15, 0.2) is 0 Å². The number of rotatable bonds is 5. The standard InChI is InChI=1S/C12H23NO3/c1-12(2,16-3)8-11(15)13-6-4-10(9-13)5-7-14/h10,14H,4-9H2,1-3H3. The summed E-state index contributed by atoms with van der Waals surface area (Å²) in [5, 5.41) is 8.85. The van der Waals surface area contributed by atoms with Gasteiger partial charge in [0.1, 0.15) is 0 Å². The highest BCUT2D eigenvalue weighted by Gasteiger charge is 2.29. The Balaban J connectivity index is 2.39. The molecule has 4 nitrogen and oxygen atoms in total. The molecule has 0 aromatic rings. The van der Waals surface area contributed by atoms with E-state index in [0.717, 1.165) is 25.9 Å². The third-order valence-corrected chi connectivity index (χ3v) is 3.31. The van der Waals surface area contributed by atoms with Gasteiger partial charge in [0.2, 0.25) is 5.91 Å². The van der Waals surface area contributed by atoms with E-state index in [1.54, 1.807) is 7.11 Å². The third-order valence-electron chi connectivity index (χ3n) is 3.31. The van der Waals surface area contributed by atoms with E-state index in [4.69, 9.17) is 9.84 Å². The molecule has 4 heteroatoms. The summed E-state index contributed by atoms with van der Waals surface area (Å²) in [5.74, 6) is 0.631. The van der Waals surface area contributed by atoms with E-state index in [-0.39, 0.29) is 18.1 Å². The average molecular weight is 229 g/mol. The average Bonchev–Trinajstić information content (AvgIpc) is 2.66. The first-order valence-corrected chi connectivity index (χ1v) is 5.92. The van der Waals surface area contributed by atoms with Crippen molar-refractivity contribution in [2.75, 3.05) is 26.8 Å². The Morgan fingerprint density at radius 1 is 1.56 bits per heavy atom. The van der Waals surface area contributed by atoms with Crippen LogP contribution in [0, 0.1) is 5.92 Å². The van der Waals surface area contributed by atoms with E-state index in [1.165, 1.54) is 0 Å². The second kappa shape index (κ2) is 5.64. The van der Waals surface area contributed by atoms with Gasteiger partial charge in [-0.3, -0.25) is 4.79 Å². The highest BCUT2D eigenvalue weighted by atomic mass is 16.5. The van der Waals surface area contributed by atoms with E-state index in [9.17, 15) is 4.79 Å². The number of hydrogen-bond donors (Lipinski definition) is 1. The predicted octanol–water partition coefficient (Wildman–Crippen LogP) is 1.03. The molecule has 16 heavy (non-hydrogen) atoms. The van der Waals surface area contributed by atoms with Crippen molar-refractivity contribution in [1.29, 1.82) is 0 Å². The van der Waals surface area contributed by atoms with Crippen LogP contribution in [0.2, 0.25) is 0 Å². The first kappa shape index (κ1) is 13.5. The van der Waals surface area contributed by atoms with Crippen LogP contribution >= 0.6 is 0 Å². The van der Waals surface area contributed by atoms with Crippen LogP contribution in [-0.4, -0.2) is 48.3 Å². The third kappa shape index (κ3) is 3.76. The molecular weight excluding hydrogens is 206 g/mol. The Morgan fingerprint density at radius 3 is 2.81 bits per heavy atom. The van der Waals surface area contributed by atoms with Crippen LogP contribution in [0.25, 0.3) is 0 Å². The first-order chi connectivity index (χ1) is 7.48. The van der Waals surface area contributed by atoms with Gasteiger partial charge in [0.05, 0.1) is 12.0 Å². The van der Waals surface area contributed by atoms with Crippen molar-refractivity contribution in [3.63, 3.8) is 0 Å². The molecule has 0 aromatic carbocycles. The van der Waals surface area contributed by atoms with Gasteiger partial charge in [0, 0.05) is 26.8 Å². The van der Waals surface area contributed by atoms with Gasteiger partial charge in [0.25, 0.3) is 0 Å². The van der Waals surface area contributed by atoms with Gasteiger partial charge in [-0.1, -0.05) is 0 Å². The number of carbonyl (C=O) groups is 1. The number of carbonyl (C=O) groups excluding carboxylic acids is 1. The second-order valence-electron chi connectivity index (χ2n) is 5.15. The number of nitrogens with zero attached hydrogens (tertiary/aromatic N) is 1. The molecule has 1 heterocycles. The minimum absolute atomic E-state index is 0.160. The quantitative estimate of drug-likeness (QED) is 0.766. The topological polar surface area (TPSA) is 49.8 Å². The summed E-state index contributed by atoms with van der Waals surface area (Å²) in [6.07, 6.45) is 2.24. The molecule has 0 spiro atoms. The summed E-state index contributed by atoms with van der Waals surface area (Å²) in [5.41, 5.74) is -0.383. The maximum absolute atomic E-state index is 12.0. The van der Waals surface area contributed by atoms with E-state index in [0.29, 0.717) is 12.3 Å². The zero-order valence-corrected chi connectivity index (χ0v) is 10.5. The highest BCUT2D eigenvalue weighted by Crippen LogP contribution is 2.22. The molecule has 1 unspecified atom stereocenters. The van der Waals surface area contributed by atoms with Gasteiger partial charge in [-0.2, -0.15) is 0 Å². The molecule has 1 atom stereocenters. The lowest BCUT2D eigenvalue weighted by atomic mass is 10.0. The maximum Gasteiger partial charge on any atom is 0.225 e. The fraction of sp³-hybridized carbons (Fsp3) is 0.917. The van der Waals surface area contributed by atoms with Crippen molar-refractivity contribution in [3.05, 3.63) is 0 Å². The van der Waals surface area contributed by atoms with Crippen molar-refractivity contribution in [2.45, 2.75) is 38.7 Å². The lowest BCUT2D eigenvalue weighted by molar-refractivity contribution is -0.135. The summed E-state index contributed by atoms with van der Waals surface area (Å²) in [7, 11) is 1.63. The maximum atomic E-state index is 12.0. The van der Waals surface area contributed by atoms with E-state index >= 15 is 0 Å². The number of likely N-dealkylation sites (tertiary alicyclic amines) is 1. The Hall–Kier alpha value is -0.610. The summed E-state index contributed by atoms with van der Waals surface area (Å²) in [4.78, 5) is 13.8. The molecule has 0 saturated carbocycles. The van der Waals surface area contributed by atoms with Crippen molar-refractivity contribution >= 4 is 5.91 Å². The van der Waals surface area contributed by atoms with Gasteiger partial charge in [-0.15, -0.1) is 0 Å². The minimum atomic E-state index is -0.383. The van der Waals surface area contributed by atoms with Gasteiger partial charge in [0.15, 0.2) is 0 Å². The SMILES string of the molecule is COC(C)(C)CC(=O)N1CCC(CCO)C1. The second-order valence-corrected chi connectivity index (χ2v) is 5.15. The number of methoxy groups -OCH3 is 1. The van der Waals surface area contributed by atoms with Crippen LogP contribution in [0.4, 0.5) is 0 Å². The Labute approximate surface area is 97.6 Å². The Kier molecular flexibility index (Phi) is 4.74. The molecule has 1 fully saturated rings. The number of ether oxygens (including phenoxy) is 1. The predicted molar refractivity (Wildman–Crippen MR) is 62.1 cm³/mol. The summed E-state index contributed by atoms with van der Waals surface area (Å²) < 4.78 is 5.25. The van der Waals surface area contributed by atoms with Gasteiger partial charge in [-0.05, 0) is 32.6 Å². The van der Waals surface area contributed by atoms with Crippen molar-refractivity contribution in [2.24, 2.45) is 5.92 Å². The van der Waals surface area contributed by atoms with E-state index in [1.807, 2.05) is 18.7 Å². The van der Waals surface area contributed by atoms with Gasteiger partial charge < -0.3 is 14.7 Å². The smallest absolute Gasteiger partial charge is 0.225 e. The molecule has 1 aliphatic heterocycles. The Morgan fingerprint density at radius 2 is 2.25 bits per heavy atom. The van der Waals surface area contributed by atoms with Crippen LogP contribution in [0.3, 0.4) is 0 Å². The van der Waals surface area contributed by atoms with Crippen LogP contribution in [0.1, 0.15) is 33.1 Å². The number of aliphatic hydroxyl groups excluding tert-OH is 1. The number of hydrogen-bond acceptors (Lipinski definition) is 3. The first-order valence-electron chi connectivity index (χ1n) is 5.92. The van der Waals surface area contributed by atoms with Crippen LogP contribution in [0.5, 0.6) is 0 Å². The van der Waals surface area contributed by atoms with Crippen molar-refractivity contribution in [3.8, 4) is 0 Å². The van der Waals surface area contributed by atoms with Crippen LogP contribution < -0.4 is 0 Å². The molecule has 1 amide bonds. The fourth-order valence-electron chi connectivity index (χ4n) is 2.03. The van der Waals surface area contributed by atoms with Crippen molar-refractivity contribution < 1.29 is 14.6 Å². The number of aliphatic hydroxyl groups is 1. The number of amides is 1. The summed E-state index contributed by atoms with van der Waals surface area (Å²) in [6, 6.07) is 0. The monoisotopic (exact) mass is 229 g/mol. The zero-order valence-electron chi connectivity index (χ0n) is 10.5. The zero-order chi connectivity index (χ0) is 12.2. The molecular formula is C12H23NO3. The molecule has 1 saturated heterocycles. The fourth-order valence-corrected chi connectivity index (χ4v) is 2.03. The van der Waals surface area contributed by atoms with E-state index in [2.05, 4.69) is 0 Å². The van der Waals surface area contributed by atoms with Crippen molar-refractivity contribution in [1.82, 2.24) is 4.90 Å². The van der Waals surface area contributed by atoms with Gasteiger partial charge >= 0.3 is 0 Å². The van der Waals surface area contributed by atoms with Crippen LogP contribution in [-0.2, 0) is 9.53 Å².